The predicted octanol–water partition coefficient (Wildman–Crippen LogP) is 6.08. The van der Waals surface area contributed by atoms with Crippen molar-refractivity contribution in [2.45, 2.75) is 64.7 Å². The molecule has 0 aliphatic carbocycles. The largest absolute Gasteiger partial charge is 0.493 e. The number of alkyl halides is 1. The summed E-state index contributed by atoms with van der Waals surface area (Å²) in [6.45, 7) is 2.11. The number of ether oxygens (including phenoxy) is 3. The lowest BCUT2D eigenvalue weighted by atomic mass is 9.99. The molecule has 0 saturated heterocycles. The van der Waals surface area contributed by atoms with Crippen molar-refractivity contribution in [3.8, 4) is 17.2 Å². The normalized spacial score (nSPS) is 10.7. The van der Waals surface area contributed by atoms with Gasteiger partial charge in [0.05, 0.1) is 21.3 Å². The molecule has 0 fully saturated rings. The van der Waals surface area contributed by atoms with Crippen molar-refractivity contribution in [3.63, 3.8) is 0 Å². The first-order chi connectivity index (χ1) is 11.7. The predicted molar refractivity (Wildman–Crippen MR) is 105 cm³/mol. The third-order valence-electron chi connectivity index (χ3n) is 4.47. The third-order valence-corrected chi connectivity index (χ3v) is 5.03. The highest BCUT2D eigenvalue weighted by molar-refractivity contribution is 9.09. The molecule has 3 nitrogen and oxygen atoms in total. The average Bonchev–Trinajstić information content (AvgIpc) is 2.60. The molecule has 138 valence electrons. The standard InChI is InChI=1S/C20H33BrO3/c1-16-15-18(22-2)20(24-4)19(23-3)17(16)13-11-9-7-5-6-8-10-12-14-21/h15H,5-14H2,1-4H3. The number of hydrogen-bond acceptors (Lipinski definition) is 3. The van der Waals surface area contributed by atoms with Crippen LogP contribution >= 0.6 is 15.9 Å². The van der Waals surface area contributed by atoms with Gasteiger partial charge in [0, 0.05) is 10.9 Å². The van der Waals surface area contributed by atoms with E-state index in [0.717, 1.165) is 23.2 Å². The number of methoxy groups -OCH3 is 3. The van der Waals surface area contributed by atoms with Gasteiger partial charge in [0.2, 0.25) is 5.75 Å². The minimum absolute atomic E-state index is 0.701. The summed E-state index contributed by atoms with van der Waals surface area (Å²) in [5.74, 6) is 2.26. The Morgan fingerprint density at radius 1 is 0.750 bits per heavy atom. The van der Waals surface area contributed by atoms with Gasteiger partial charge >= 0.3 is 0 Å². The Kier molecular flexibility index (Phi) is 11.0. The zero-order chi connectivity index (χ0) is 17.8. The molecule has 0 spiro atoms. The molecule has 24 heavy (non-hydrogen) atoms. The van der Waals surface area contributed by atoms with Crippen molar-refractivity contribution < 1.29 is 14.2 Å². The molecule has 0 radical (unpaired) electrons. The first kappa shape index (κ1) is 21.1. The van der Waals surface area contributed by atoms with Crippen molar-refractivity contribution in [3.05, 3.63) is 17.2 Å². The number of rotatable bonds is 13. The fourth-order valence-corrected chi connectivity index (χ4v) is 3.50. The maximum Gasteiger partial charge on any atom is 0.203 e. The van der Waals surface area contributed by atoms with Gasteiger partial charge in [-0.1, -0.05) is 54.5 Å². The topological polar surface area (TPSA) is 27.7 Å². The van der Waals surface area contributed by atoms with Gasteiger partial charge in [0.25, 0.3) is 0 Å². The summed E-state index contributed by atoms with van der Waals surface area (Å²) in [5, 5.41) is 1.14. The molecule has 0 aliphatic rings. The molecule has 1 rings (SSSR count). The van der Waals surface area contributed by atoms with Crippen LogP contribution in [0.1, 0.15) is 62.5 Å². The van der Waals surface area contributed by atoms with E-state index >= 15 is 0 Å². The SMILES string of the molecule is COc1cc(C)c(CCCCCCCCCCBr)c(OC)c1OC. The highest BCUT2D eigenvalue weighted by Gasteiger charge is 2.18. The highest BCUT2D eigenvalue weighted by Crippen LogP contribution is 2.42. The zero-order valence-corrected chi connectivity index (χ0v) is 17.3. The Morgan fingerprint density at radius 3 is 1.79 bits per heavy atom. The number of halogens is 1. The fourth-order valence-electron chi connectivity index (χ4n) is 3.11. The minimum atomic E-state index is 0.701. The molecular formula is C20H33BrO3. The molecule has 4 heteroatoms. The minimum Gasteiger partial charge on any atom is -0.493 e. The van der Waals surface area contributed by atoms with Gasteiger partial charge in [-0.15, -0.1) is 0 Å². The molecule has 0 aliphatic heterocycles. The lowest BCUT2D eigenvalue weighted by Gasteiger charge is -2.18. The van der Waals surface area contributed by atoms with Crippen LogP contribution in [-0.4, -0.2) is 26.7 Å². The lowest BCUT2D eigenvalue weighted by molar-refractivity contribution is 0.321. The van der Waals surface area contributed by atoms with E-state index in [1.165, 1.54) is 62.5 Å². The van der Waals surface area contributed by atoms with Crippen LogP contribution < -0.4 is 14.2 Å². The van der Waals surface area contributed by atoms with Crippen molar-refractivity contribution in [2.24, 2.45) is 0 Å². The van der Waals surface area contributed by atoms with Gasteiger partial charge < -0.3 is 14.2 Å². The summed E-state index contributed by atoms with van der Waals surface area (Å²) in [6.07, 6.45) is 11.6. The number of unbranched alkanes of at least 4 members (excludes halogenated alkanes) is 7. The molecule has 1 aromatic rings. The lowest BCUT2D eigenvalue weighted by Crippen LogP contribution is -2.01. The Labute approximate surface area is 156 Å². The molecule has 0 bridgehead atoms. The summed E-state index contributed by atoms with van der Waals surface area (Å²) >= 11 is 3.48. The molecule has 1 aromatic carbocycles. The summed E-state index contributed by atoms with van der Waals surface area (Å²) in [6, 6.07) is 2.04. The van der Waals surface area contributed by atoms with Crippen LogP contribution in [0.5, 0.6) is 17.2 Å². The molecule has 0 amide bonds. The molecule has 0 heterocycles. The summed E-state index contributed by atoms with van der Waals surface area (Å²) < 4.78 is 16.5. The van der Waals surface area contributed by atoms with E-state index < -0.39 is 0 Å². The summed E-state index contributed by atoms with van der Waals surface area (Å²) in [7, 11) is 5.02. The van der Waals surface area contributed by atoms with Gasteiger partial charge in [-0.3, -0.25) is 0 Å². The van der Waals surface area contributed by atoms with Gasteiger partial charge in [-0.25, -0.2) is 0 Å². The van der Waals surface area contributed by atoms with Crippen molar-refractivity contribution in [1.29, 1.82) is 0 Å². The van der Waals surface area contributed by atoms with Crippen LogP contribution in [-0.2, 0) is 6.42 Å². The first-order valence-corrected chi connectivity index (χ1v) is 10.2. The second kappa shape index (κ2) is 12.5. The van der Waals surface area contributed by atoms with Gasteiger partial charge in [-0.2, -0.15) is 0 Å². The van der Waals surface area contributed by atoms with Crippen LogP contribution in [0, 0.1) is 6.92 Å². The smallest absolute Gasteiger partial charge is 0.203 e. The van der Waals surface area contributed by atoms with Crippen LogP contribution in [0.3, 0.4) is 0 Å². The fraction of sp³-hybridized carbons (Fsp3) is 0.700. The van der Waals surface area contributed by atoms with Gasteiger partial charge in [0.15, 0.2) is 11.5 Å². The Balaban J connectivity index is 2.47. The maximum absolute atomic E-state index is 5.61. The Bertz CT molecular complexity index is 474. The molecule has 0 atom stereocenters. The molecule has 0 unspecified atom stereocenters. The highest BCUT2D eigenvalue weighted by atomic mass is 79.9. The average molecular weight is 401 g/mol. The van der Waals surface area contributed by atoms with Crippen molar-refractivity contribution in [1.82, 2.24) is 0 Å². The van der Waals surface area contributed by atoms with Crippen LogP contribution in [0.2, 0.25) is 0 Å². The molecule has 0 aromatic heterocycles. The van der Waals surface area contributed by atoms with E-state index in [1.807, 2.05) is 6.07 Å². The van der Waals surface area contributed by atoms with Crippen LogP contribution in [0.25, 0.3) is 0 Å². The Morgan fingerprint density at radius 2 is 1.29 bits per heavy atom. The van der Waals surface area contributed by atoms with Crippen LogP contribution in [0.15, 0.2) is 6.07 Å². The number of aryl methyl sites for hydroxylation is 1. The van der Waals surface area contributed by atoms with E-state index in [0.29, 0.717) is 5.75 Å². The van der Waals surface area contributed by atoms with E-state index in [9.17, 15) is 0 Å². The monoisotopic (exact) mass is 400 g/mol. The quantitative estimate of drug-likeness (QED) is 0.296. The summed E-state index contributed by atoms with van der Waals surface area (Å²) in [5.41, 5.74) is 2.45. The summed E-state index contributed by atoms with van der Waals surface area (Å²) in [4.78, 5) is 0. The number of hydrogen-bond donors (Lipinski definition) is 0. The Hall–Kier alpha value is -0.900. The van der Waals surface area contributed by atoms with E-state index in [1.54, 1.807) is 21.3 Å². The molecule has 0 N–H and O–H groups in total. The van der Waals surface area contributed by atoms with Crippen molar-refractivity contribution in [2.75, 3.05) is 26.7 Å². The molecule has 0 saturated carbocycles. The van der Waals surface area contributed by atoms with E-state index in [4.69, 9.17) is 14.2 Å². The van der Waals surface area contributed by atoms with Crippen LogP contribution in [0.4, 0.5) is 0 Å². The van der Waals surface area contributed by atoms with Gasteiger partial charge in [0.1, 0.15) is 0 Å². The second-order valence-corrected chi connectivity index (χ2v) is 7.00. The van der Waals surface area contributed by atoms with E-state index in [2.05, 4.69) is 22.9 Å². The van der Waals surface area contributed by atoms with Crippen molar-refractivity contribution >= 4 is 15.9 Å². The number of benzene rings is 1. The maximum atomic E-state index is 5.61. The van der Waals surface area contributed by atoms with Gasteiger partial charge in [-0.05, 0) is 37.8 Å². The van der Waals surface area contributed by atoms with E-state index in [-0.39, 0.29) is 0 Å². The first-order valence-electron chi connectivity index (χ1n) is 9.04. The zero-order valence-electron chi connectivity index (χ0n) is 15.8. The third kappa shape index (κ3) is 6.54. The second-order valence-electron chi connectivity index (χ2n) is 6.21. The molecular weight excluding hydrogens is 368 g/mol.